The minimum Gasteiger partial charge on any atom is -0.464 e. The summed E-state index contributed by atoms with van der Waals surface area (Å²) in [7, 11) is 0. The molecule has 102 valence electrons. The molecule has 0 fully saturated rings. The van der Waals surface area contributed by atoms with E-state index in [4.69, 9.17) is 4.42 Å². The predicted octanol–water partition coefficient (Wildman–Crippen LogP) is 3.42. The highest BCUT2D eigenvalue weighted by molar-refractivity contribution is 7.98. The molecule has 0 aliphatic heterocycles. The van der Waals surface area contributed by atoms with Gasteiger partial charge in [0.05, 0.1) is 12.3 Å². The zero-order chi connectivity index (χ0) is 13.5. The van der Waals surface area contributed by atoms with Crippen LogP contribution in [0.5, 0.6) is 0 Å². The first-order chi connectivity index (χ1) is 9.24. The van der Waals surface area contributed by atoms with Crippen molar-refractivity contribution in [2.45, 2.75) is 24.6 Å². The van der Waals surface area contributed by atoms with E-state index in [1.54, 1.807) is 24.5 Å². The number of hydrogen-bond donors (Lipinski definition) is 1. The van der Waals surface area contributed by atoms with Gasteiger partial charge in [-0.15, -0.1) is 0 Å². The minimum atomic E-state index is -2.36. The molecule has 6 heteroatoms. The quantitative estimate of drug-likeness (QED) is 0.845. The second-order valence-corrected chi connectivity index (χ2v) is 4.88. The van der Waals surface area contributed by atoms with Crippen LogP contribution in [0.15, 0.2) is 41.1 Å². The van der Waals surface area contributed by atoms with E-state index in [0.717, 1.165) is 11.3 Å². The molecule has 2 rings (SSSR count). The molecule has 0 unspecified atom stereocenters. The maximum atomic E-state index is 12.0. The lowest BCUT2D eigenvalue weighted by atomic mass is 10.3. The maximum Gasteiger partial charge on any atom is 0.284 e. The number of aromatic nitrogens is 1. The molecule has 0 spiro atoms. The summed E-state index contributed by atoms with van der Waals surface area (Å²) >= 11 is 0.563. The van der Waals surface area contributed by atoms with E-state index in [9.17, 15) is 8.78 Å². The van der Waals surface area contributed by atoms with Crippen LogP contribution >= 0.6 is 11.8 Å². The predicted molar refractivity (Wildman–Crippen MR) is 70.8 cm³/mol. The van der Waals surface area contributed by atoms with Crippen LogP contribution in [0.3, 0.4) is 0 Å². The number of hydrogen-bond acceptors (Lipinski definition) is 4. The normalized spacial score (nSPS) is 11.1. The van der Waals surface area contributed by atoms with Gasteiger partial charge in [-0.2, -0.15) is 8.78 Å². The van der Waals surface area contributed by atoms with Crippen molar-refractivity contribution in [3.8, 4) is 0 Å². The summed E-state index contributed by atoms with van der Waals surface area (Å²) in [5.74, 6) is -0.852. The molecule has 3 nitrogen and oxygen atoms in total. The van der Waals surface area contributed by atoms with Gasteiger partial charge < -0.3 is 9.73 Å². The van der Waals surface area contributed by atoms with E-state index >= 15 is 0 Å². The van der Waals surface area contributed by atoms with Crippen molar-refractivity contribution in [2.24, 2.45) is 0 Å². The fraction of sp³-hybridized carbons (Fsp3) is 0.308. The van der Waals surface area contributed by atoms with Crippen LogP contribution < -0.4 is 5.32 Å². The fourth-order valence-corrected chi connectivity index (χ4v) is 2.02. The van der Waals surface area contributed by atoms with Gasteiger partial charge in [-0.05, 0) is 23.8 Å². The number of alkyl halides is 2. The Bertz CT molecular complexity index is 490. The van der Waals surface area contributed by atoms with Crippen LogP contribution in [0.1, 0.15) is 17.1 Å². The van der Waals surface area contributed by atoms with Crippen LogP contribution in [-0.2, 0) is 18.8 Å². The van der Waals surface area contributed by atoms with Crippen molar-refractivity contribution >= 4 is 11.8 Å². The highest BCUT2D eigenvalue weighted by atomic mass is 32.2. The van der Waals surface area contributed by atoms with E-state index in [1.165, 1.54) is 0 Å². The van der Waals surface area contributed by atoms with Crippen molar-refractivity contribution in [1.82, 2.24) is 10.3 Å². The maximum absolute atomic E-state index is 12.0. The monoisotopic (exact) mass is 284 g/mol. The van der Waals surface area contributed by atoms with Crippen molar-refractivity contribution in [2.75, 3.05) is 0 Å². The fourth-order valence-electron chi connectivity index (χ4n) is 1.57. The van der Waals surface area contributed by atoms with E-state index < -0.39 is 5.76 Å². The molecule has 0 saturated carbocycles. The van der Waals surface area contributed by atoms with Crippen molar-refractivity contribution < 1.29 is 13.2 Å². The van der Waals surface area contributed by atoms with Crippen LogP contribution in [0.4, 0.5) is 8.78 Å². The van der Waals surface area contributed by atoms with Gasteiger partial charge in [-0.1, -0.05) is 17.8 Å². The van der Waals surface area contributed by atoms with Gasteiger partial charge in [0.2, 0.25) is 0 Å². The Morgan fingerprint density at radius 3 is 2.79 bits per heavy atom. The Morgan fingerprint density at radius 2 is 2.05 bits per heavy atom. The number of thioether (sulfide) groups is 1. The van der Waals surface area contributed by atoms with E-state index in [-0.39, 0.29) is 5.75 Å². The minimum absolute atomic E-state index is 0.195. The summed E-state index contributed by atoms with van der Waals surface area (Å²) in [6.07, 6.45) is 3.52. The summed E-state index contributed by atoms with van der Waals surface area (Å²) in [5, 5.41) is 3.21. The number of halogens is 2. The Kier molecular flexibility index (Phi) is 5.35. The average Bonchev–Trinajstić information content (AvgIpc) is 2.86. The summed E-state index contributed by atoms with van der Waals surface area (Å²) in [6.45, 7) is 1.25. The second kappa shape index (κ2) is 7.25. The average molecular weight is 284 g/mol. The highest BCUT2D eigenvalue weighted by Gasteiger charge is 2.07. The molecule has 0 aliphatic rings. The lowest BCUT2D eigenvalue weighted by molar-refractivity contribution is 0.251. The van der Waals surface area contributed by atoms with Gasteiger partial charge >= 0.3 is 0 Å². The third-order valence-corrected chi connectivity index (χ3v) is 3.12. The number of nitrogens with one attached hydrogen (secondary N) is 1. The summed E-state index contributed by atoms with van der Waals surface area (Å²) in [5.41, 5.74) is 1.09. The molecule has 0 aromatic carbocycles. The molecule has 2 heterocycles. The molecule has 1 N–H and O–H groups in total. The van der Waals surface area contributed by atoms with E-state index in [1.807, 2.05) is 12.1 Å². The smallest absolute Gasteiger partial charge is 0.284 e. The third kappa shape index (κ3) is 5.00. The third-order valence-electron chi connectivity index (χ3n) is 2.42. The standard InChI is InChI=1S/C13H14F2N2OS/c14-13(15)19-9-12-4-3-11(18-12)8-17-7-10-2-1-5-16-6-10/h1-6,13,17H,7-9H2. The van der Waals surface area contributed by atoms with Gasteiger partial charge in [0, 0.05) is 18.9 Å². The summed E-state index contributed by atoms with van der Waals surface area (Å²) in [6, 6.07) is 7.39. The number of furan rings is 1. The first kappa shape index (κ1) is 14.0. The molecule has 0 atom stereocenters. The zero-order valence-corrected chi connectivity index (χ0v) is 11.0. The highest BCUT2D eigenvalue weighted by Crippen LogP contribution is 2.21. The molecule has 0 saturated heterocycles. The second-order valence-electron chi connectivity index (χ2n) is 3.90. The topological polar surface area (TPSA) is 38.1 Å². The van der Waals surface area contributed by atoms with Crippen LogP contribution in [0.2, 0.25) is 0 Å². The molecule has 19 heavy (non-hydrogen) atoms. The molecular weight excluding hydrogens is 270 g/mol. The van der Waals surface area contributed by atoms with Crippen LogP contribution in [-0.4, -0.2) is 10.7 Å². The van der Waals surface area contributed by atoms with Gasteiger partial charge in [-0.3, -0.25) is 4.98 Å². The first-order valence-electron chi connectivity index (χ1n) is 5.81. The molecule has 0 radical (unpaired) electrons. The van der Waals surface area contributed by atoms with Gasteiger partial charge in [0.25, 0.3) is 5.76 Å². The Balaban J connectivity index is 1.74. The molecule has 2 aromatic heterocycles. The summed E-state index contributed by atoms with van der Waals surface area (Å²) in [4.78, 5) is 4.02. The van der Waals surface area contributed by atoms with Gasteiger partial charge in [0.15, 0.2) is 0 Å². The van der Waals surface area contributed by atoms with E-state index in [2.05, 4.69) is 10.3 Å². The first-order valence-corrected chi connectivity index (χ1v) is 6.86. The Hall–Kier alpha value is -1.40. The molecule has 0 amide bonds. The number of rotatable bonds is 7. The number of pyridine rings is 1. The van der Waals surface area contributed by atoms with Crippen LogP contribution in [0, 0.1) is 0 Å². The molecular formula is C13H14F2N2OS. The van der Waals surface area contributed by atoms with Crippen molar-refractivity contribution in [3.05, 3.63) is 53.7 Å². The molecule has 0 aliphatic carbocycles. The van der Waals surface area contributed by atoms with E-state index in [0.29, 0.717) is 30.6 Å². The molecule has 0 bridgehead atoms. The van der Waals surface area contributed by atoms with Crippen molar-refractivity contribution in [1.29, 1.82) is 0 Å². The lowest BCUT2D eigenvalue weighted by Crippen LogP contribution is -2.12. The largest absolute Gasteiger partial charge is 0.464 e. The van der Waals surface area contributed by atoms with Crippen LogP contribution in [0.25, 0.3) is 0 Å². The Labute approximate surface area is 114 Å². The lowest BCUT2D eigenvalue weighted by Gasteiger charge is -2.02. The zero-order valence-electron chi connectivity index (χ0n) is 10.2. The summed E-state index contributed by atoms with van der Waals surface area (Å²) < 4.78 is 29.5. The van der Waals surface area contributed by atoms with Crippen molar-refractivity contribution in [3.63, 3.8) is 0 Å². The Morgan fingerprint density at radius 1 is 1.21 bits per heavy atom. The van der Waals surface area contributed by atoms with Gasteiger partial charge in [-0.25, -0.2) is 0 Å². The number of nitrogens with zero attached hydrogens (tertiary/aromatic N) is 1. The molecule has 2 aromatic rings. The SMILES string of the molecule is FC(F)SCc1ccc(CNCc2cccnc2)o1. The van der Waals surface area contributed by atoms with Gasteiger partial charge in [0.1, 0.15) is 11.5 Å².